The maximum atomic E-state index is 11.7. The number of hydrogen-bond donors (Lipinski definition) is 1. The Morgan fingerprint density at radius 2 is 2.35 bits per heavy atom. The minimum Gasteiger partial charge on any atom is -0.461 e. The van der Waals surface area contributed by atoms with Crippen LogP contribution >= 0.6 is 11.8 Å². The van der Waals surface area contributed by atoms with Crippen LogP contribution in [0.3, 0.4) is 0 Å². The molecule has 7 heteroatoms. The molecule has 17 heavy (non-hydrogen) atoms. The summed E-state index contributed by atoms with van der Waals surface area (Å²) in [6.07, 6.45) is 0. The fourth-order valence-corrected chi connectivity index (χ4v) is 2.87. The van der Waals surface area contributed by atoms with Crippen molar-refractivity contribution in [1.29, 1.82) is 0 Å². The molecule has 0 spiro atoms. The van der Waals surface area contributed by atoms with E-state index in [4.69, 9.17) is 9.47 Å². The molecule has 0 aliphatic carbocycles. The average molecular weight is 258 g/mol. The van der Waals surface area contributed by atoms with E-state index in [0.29, 0.717) is 0 Å². The normalized spacial score (nSPS) is 30.4. The van der Waals surface area contributed by atoms with Gasteiger partial charge in [0.2, 0.25) is 0 Å². The summed E-state index contributed by atoms with van der Waals surface area (Å²) in [5.41, 5.74) is 2.55. The summed E-state index contributed by atoms with van der Waals surface area (Å²) in [4.78, 5) is 23.2. The fraction of sp³-hybridized carbons (Fsp3) is 0.700. The number of hydrogen-bond acceptors (Lipinski definition) is 7. The number of nitrogens with zero attached hydrogens (tertiary/aromatic N) is 1. The van der Waals surface area contributed by atoms with Gasteiger partial charge in [-0.3, -0.25) is 5.43 Å². The van der Waals surface area contributed by atoms with Crippen LogP contribution in [-0.2, 0) is 19.1 Å². The van der Waals surface area contributed by atoms with Gasteiger partial charge in [-0.05, 0) is 12.7 Å². The van der Waals surface area contributed by atoms with Crippen LogP contribution in [0.15, 0.2) is 5.10 Å². The van der Waals surface area contributed by atoms with E-state index in [1.165, 1.54) is 11.8 Å². The van der Waals surface area contributed by atoms with Gasteiger partial charge in [0.25, 0.3) is 0 Å². The molecular weight excluding hydrogens is 244 g/mol. The molecule has 6 nitrogen and oxygen atoms in total. The topological polar surface area (TPSA) is 77.0 Å². The molecule has 0 amide bonds. The molecule has 2 heterocycles. The van der Waals surface area contributed by atoms with Crippen LogP contribution in [0.5, 0.6) is 0 Å². The minimum absolute atomic E-state index is 0.258. The van der Waals surface area contributed by atoms with Crippen LogP contribution in [0.4, 0.5) is 0 Å². The van der Waals surface area contributed by atoms with Crippen LogP contribution in [0.1, 0.15) is 13.8 Å². The van der Waals surface area contributed by atoms with E-state index in [1.807, 2.05) is 6.92 Å². The van der Waals surface area contributed by atoms with Gasteiger partial charge in [-0.15, -0.1) is 11.8 Å². The highest BCUT2D eigenvalue weighted by Crippen LogP contribution is 2.34. The number of hydrazone groups is 1. The molecule has 2 aliphatic rings. The van der Waals surface area contributed by atoms with Crippen molar-refractivity contribution < 1.29 is 19.1 Å². The third kappa shape index (κ3) is 2.11. The summed E-state index contributed by atoms with van der Waals surface area (Å²) < 4.78 is 10.1. The van der Waals surface area contributed by atoms with E-state index >= 15 is 0 Å². The molecule has 0 unspecified atom stereocenters. The standard InChI is InChI=1S/C10H14N2O4S/c1-3-15-8(13)6-5-7(12-11-6)9(14)16-10(5)17-4-2/h5,7,10,12H,3-4H2,1-2H3/t5-,7+,10+/m1/s1. The quantitative estimate of drug-likeness (QED) is 0.722. The molecule has 2 aliphatic heterocycles. The van der Waals surface area contributed by atoms with Crippen LogP contribution in [-0.4, -0.2) is 41.5 Å². The number of carbonyl (C=O) groups excluding carboxylic acids is 2. The zero-order valence-corrected chi connectivity index (χ0v) is 10.5. The first-order valence-electron chi connectivity index (χ1n) is 5.51. The summed E-state index contributed by atoms with van der Waals surface area (Å²) in [5, 5.41) is 3.90. The zero-order chi connectivity index (χ0) is 12.4. The lowest BCUT2D eigenvalue weighted by molar-refractivity contribution is -0.140. The van der Waals surface area contributed by atoms with E-state index in [0.717, 1.165) is 5.75 Å². The van der Waals surface area contributed by atoms with E-state index in [2.05, 4.69) is 10.5 Å². The molecule has 0 bridgehead atoms. The summed E-state index contributed by atoms with van der Waals surface area (Å²) in [5.74, 6) is -0.375. The van der Waals surface area contributed by atoms with Crippen molar-refractivity contribution in [1.82, 2.24) is 5.43 Å². The number of thioether (sulfide) groups is 1. The highest BCUT2D eigenvalue weighted by molar-refractivity contribution is 7.99. The maximum Gasteiger partial charge on any atom is 0.355 e. The number of ether oxygens (including phenoxy) is 2. The molecule has 2 rings (SSSR count). The summed E-state index contributed by atoms with van der Waals surface area (Å²) in [7, 11) is 0. The smallest absolute Gasteiger partial charge is 0.355 e. The van der Waals surface area contributed by atoms with Gasteiger partial charge >= 0.3 is 11.9 Å². The molecule has 1 saturated heterocycles. The summed E-state index contributed by atoms with van der Waals surface area (Å²) >= 11 is 1.49. The highest BCUT2D eigenvalue weighted by atomic mass is 32.2. The van der Waals surface area contributed by atoms with Gasteiger partial charge in [-0.1, -0.05) is 6.92 Å². The number of rotatable bonds is 4. The first kappa shape index (κ1) is 12.2. The van der Waals surface area contributed by atoms with Crippen LogP contribution in [0.2, 0.25) is 0 Å². The van der Waals surface area contributed by atoms with E-state index < -0.39 is 12.0 Å². The van der Waals surface area contributed by atoms with Gasteiger partial charge in [-0.2, -0.15) is 5.10 Å². The third-order valence-corrected chi connectivity index (χ3v) is 3.65. The van der Waals surface area contributed by atoms with Crippen molar-refractivity contribution in [3.63, 3.8) is 0 Å². The van der Waals surface area contributed by atoms with E-state index in [1.54, 1.807) is 6.92 Å². The van der Waals surface area contributed by atoms with Gasteiger partial charge in [0, 0.05) is 0 Å². The molecular formula is C10H14N2O4S. The Balaban J connectivity index is 2.15. The second-order valence-electron chi connectivity index (χ2n) is 3.61. The lowest BCUT2D eigenvalue weighted by Gasteiger charge is -2.14. The molecule has 3 atom stereocenters. The van der Waals surface area contributed by atoms with Gasteiger partial charge in [-0.25, -0.2) is 9.59 Å². The van der Waals surface area contributed by atoms with Gasteiger partial charge < -0.3 is 9.47 Å². The second-order valence-corrected chi connectivity index (χ2v) is 4.99. The summed E-state index contributed by atoms with van der Waals surface area (Å²) in [6, 6.07) is -0.543. The second kappa shape index (κ2) is 4.95. The largest absolute Gasteiger partial charge is 0.461 e. The Morgan fingerprint density at radius 1 is 1.59 bits per heavy atom. The Labute approximate surface area is 103 Å². The first-order chi connectivity index (χ1) is 8.19. The minimum atomic E-state index is -0.543. The van der Waals surface area contributed by atoms with E-state index in [-0.39, 0.29) is 29.6 Å². The zero-order valence-electron chi connectivity index (χ0n) is 9.63. The number of cyclic esters (lactones) is 1. The third-order valence-electron chi connectivity index (χ3n) is 2.59. The lowest BCUT2D eigenvalue weighted by atomic mass is 9.99. The Bertz CT molecular complexity index is 371. The maximum absolute atomic E-state index is 11.7. The van der Waals surface area contributed by atoms with Crippen molar-refractivity contribution in [3.8, 4) is 0 Å². The number of carbonyl (C=O) groups is 2. The first-order valence-corrected chi connectivity index (χ1v) is 6.56. The van der Waals surface area contributed by atoms with Gasteiger partial charge in [0.1, 0.15) is 0 Å². The molecule has 94 valence electrons. The highest BCUT2D eigenvalue weighted by Gasteiger charge is 2.53. The molecule has 0 aromatic carbocycles. The van der Waals surface area contributed by atoms with Gasteiger partial charge in [0.05, 0.1) is 12.5 Å². The molecule has 0 aromatic rings. The Morgan fingerprint density at radius 3 is 3.00 bits per heavy atom. The number of esters is 2. The van der Waals surface area contributed by atoms with Crippen molar-refractivity contribution in [2.24, 2.45) is 11.0 Å². The molecule has 0 saturated carbocycles. The Hall–Kier alpha value is -1.24. The molecule has 1 N–H and O–H groups in total. The van der Waals surface area contributed by atoms with Crippen LogP contribution in [0.25, 0.3) is 0 Å². The van der Waals surface area contributed by atoms with Crippen molar-refractivity contribution in [2.45, 2.75) is 25.3 Å². The van der Waals surface area contributed by atoms with Gasteiger partial charge in [0.15, 0.2) is 17.2 Å². The van der Waals surface area contributed by atoms with Crippen LogP contribution < -0.4 is 5.43 Å². The van der Waals surface area contributed by atoms with Crippen molar-refractivity contribution >= 4 is 29.4 Å². The Kier molecular flexibility index (Phi) is 3.56. The molecule has 0 radical (unpaired) electrons. The average Bonchev–Trinajstić information content (AvgIpc) is 2.83. The molecule has 0 aromatic heterocycles. The molecule has 1 fully saturated rings. The van der Waals surface area contributed by atoms with Crippen LogP contribution in [0, 0.1) is 5.92 Å². The fourth-order valence-electron chi connectivity index (χ4n) is 1.89. The number of fused-ring (bicyclic) bond motifs is 1. The number of nitrogens with one attached hydrogen (secondary N) is 1. The van der Waals surface area contributed by atoms with Crippen molar-refractivity contribution in [2.75, 3.05) is 12.4 Å². The SMILES string of the molecule is CCOC(=O)C1=NN[C@@H]2C(=O)O[C@@H](SCC)[C@H]12. The van der Waals surface area contributed by atoms with E-state index in [9.17, 15) is 9.59 Å². The van der Waals surface area contributed by atoms with Crippen molar-refractivity contribution in [3.05, 3.63) is 0 Å². The monoisotopic (exact) mass is 258 g/mol. The summed E-state index contributed by atoms with van der Waals surface area (Å²) in [6.45, 7) is 3.98. The predicted octanol–water partition coefficient (Wildman–Crippen LogP) is 0.129. The lowest BCUT2D eigenvalue weighted by Crippen LogP contribution is -2.35. The predicted molar refractivity (Wildman–Crippen MR) is 62.5 cm³/mol.